The normalized spacial score (nSPS) is 13.8. The summed E-state index contributed by atoms with van der Waals surface area (Å²) < 4.78 is 0. The highest BCUT2D eigenvalue weighted by atomic mass is 32.2. The summed E-state index contributed by atoms with van der Waals surface area (Å²) in [5.41, 5.74) is -0.136. The molecule has 0 radical (unpaired) electrons. The molecule has 1 atom stereocenters. The highest BCUT2D eigenvalue weighted by Crippen LogP contribution is 2.27. The van der Waals surface area contributed by atoms with Crippen molar-refractivity contribution in [3.63, 3.8) is 0 Å². The van der Waals surface area contributed by atoms with Gasteiger partial charge in [0.05, 0.1) is 0 Å². The lowest BCUT2D eigenvalue weighted by atomic mass is 9.91. The molecule has 0 aromatic heterocycles. The van der Waals surface area contributed by atoms with E-state index in [1.807, 2.05) is 30.3 Å². The Hall–Kier alpha value is -1.00. The molecule has 0 amide bonds. The maximum atomic E-state index is 12.0. The minimum atomic E-state index is -0.978. The first-order chi connectivity index (χ1) is 10.2. The van der Waals surface area contributed by atoms with Gasteiger partial charge in [0.2, 0.25) is 0 Å². The quantitative estimate of drug-likeness (QED) is 0.609. The van der Waals surface area contributed by atoms with E-state index in [0.29, 0.717) is 12.3 Å². The van der Waals surface area contributed by atoms with Crippen LogP contribution in [0.3, 0.4) is 0 Å². The van der Waals surface area contributed by atoms with Crippen molar-refractivity contribution >= 4 is 17.7 Å². The zero-order valence-electron chi connectivity index (χ0n) is 13.1. The van der Waals surface area contributed by atoms with Crippen LogP contribution in [0.5, 0.6) is 0 Å². The molecule has 1 aromatic rings. The van der Waals surface area contributed by atoms with E-state index >= 15 is 0 Å². The summed E-state index contributed by atoms with van der Waals surface area (Å²) in [5.74, 6) is 0.796. The number of carboxylic acid groups (broad SMARTS) is 1. The monoisotopic (exact) mass is 309 g/mol. The summed E-state index contributed by atoms with van der Waals surface area (Å²) in [4.78, 5) is 12.0. The van der Waals surface area contributed by atoms with Gasteiger partial charge in [-0.15, -0.1) is 0 Å². The molecule has 0 heterocycles. The molecule has 1 aromatic carbocycles. The molecule has 0 saturated heterocycles. The lowest BCUT2D eigenvalue weighted by molar-refractivity contribution is -0.144. The lowest BCUT2D eigenvalue weighted by Gasteiger charge is -2.31. The fourth-order valence-electron chi connectivity index (χ4n) is 2.24. The van der Waals surface area contributed by atoms with E-state index in [1.54, 1.807) is 11.8 Å². The van der Waals surface area contributed by atoms with E-state index in [4.69, 9.17) is 0 Å². The number of nitrogens with one attached hydrogen (secondary N) is 1. The van der Waals surface area contributed by atoms with Crippen LogP contribution in [0.25, 0.3) is 0 Å². The van der Waals surface area contributed by atoms with Gasteiger partial charge in [-0.05, 0) is 30.7 Å². The number of carbonyl (C=O) groups is 1. The molecule has 0 aliphatic heterocycles. The van der Waals surface area contributed by atoms with Crippen molar-refractivity contribution < 1.29 is 9.90 Å². The minimum Gasteiger partial charge on any atom is -0.480 e. The van der Waals surface area contributed by atoms with Gasteiger partial charge in [0.15, 0.2) is 5.54 Å². The van der Waals surface area contributed by atoms with Crippen molar-refractivity contribution in [1.82, 2.24) is 5.32 Å². The Morgan fingerprint density at radius 1 is 1.19 bits per heavy atom. The van der Waals surface area contributed by atoms with Crippen LogP contribution in [0.1, 0.15) is 45.1 Å². The van der Waals surface area contributed by atoms with E-state index in [9.17, 15) is 9.90 Å². The molecule has 4 heteroatoms. The number of aliphatic carboxylic acids is 1. The predicted octanol–water partition coefficient (Wildman–Crippen LogP) is 3.89. The third-order valence-electron chi connectivity index (χ3n) is 3.52. The lowest BCUT2D eigenvalue weighted by Crippen LogP contribution is -2.51. The van der Waals surface area contributed by atoms with Gasteiger partial charge >= 0.3 is 5.97 Å². The first kappa shape index (κ1) is 18.1. The van der Waals surface area contributed by atoms with Gasteiger partial charge in [0.25, 0.3) is 0 Å². The molecule has 21 heavy (non-hydrogen) atoms. The van der Waals surface area contributed by atoms with E-state index in [1.165, 1.54) is 12.8 Å². The molecule has 0 aliphatic rings. The molecular weight excluding hydrogens is 282 g/mol. The highest BCUT2D eigenvalue weighted by Gasteiger charge is 2.39. The average molecular weight is 309 g/mol. The molecule has 0 aliphatic carbocycles. The van der Waals surface area contributed by atoms with Crippen molar-refractivity contribution in [1.29, 1.82) is 0 Å². The van der Waals surface area contributed by atoms with Gasteiger partial charge in [-0.2, -0.15) is 11.8 Å². The summed E-state index contributed by atoms with van der Waals surface area (Å²) in [6, 6.07) is 9.54. The molecule has 0 bridgehead atoms. The van der Waals surface area contributed by atoms with Gasteiger partial charge in [0, 0.05) is 5.75 Å². The van der Waals surface area contributed by atoms with Gasteiger partial charge in [-0.25, -0.2) is 4.79 Å². The number of carboxylic acids is 1. The summed E-state index contributed by atoms with van der Waals surface area (Å²) >= 11 is 1.73. The molecule has 3 nitrogen and oxygen atoms in total. The molecule has 0 spiro atoms. The molecule has 1 rings (SSSR count). The van der Waals surface area contributed by atoms with Crippen molar-refractivity contribution in [2.75, 3.05) is 18.1 Å². The second-order valence-electron chi connectivity index (χ2n) is 5.26. The third-order valence-corrected chi connectivity index (χ3v) is 4.73. The number of unbranched alkanes of at least 4 members (excludes halogenated alkanes) is 2. The maximum absolute atomic E-state index is 12.0. The van der Waals surface area contributed by atoms with Gasteiger partial charge in [-0.1, -0.05) is 57.0 Å². The second kappa shape index (κ2) is 9.85. The summed E-state index contributed by atoms with van der Waals surface area (Å²) in [5, 5.41) is 13.1. The molecule has 1 unspecified atom stereocenters. The number of hydrogen-bond donors (Lipinski definition) is 2. The molecule has 2 N–H and O–H groups in total. The Labute approximate surface area is 132 Å². The Bertz CT molecular complexity index is 411. The number of rotatable bonds is 11. The van der Waals surface area contributed by atoms with Crippen LogP contribution in [0.2, 0.25) is 0 Å². The average Bonchev–Trinajstić information content (AvgIpc) is 2.51. The van der Waals surface area contributed by atoms with E-state index in [2.05, 4.69) is 19.2 Å². The van der Waals surface area contributed by atoms with Crippen molar-refractivity contribution in [3.05, 3.63) is 35.9 Å². The first-order valence-electron chi connectivity index (χ1n) is 7.79. The Morgan fingerprint density at radius 2 is 1.90 bits per heavy atom. The number of benzene rings is 1. The summed E-state index contributed by atoms with van der Waals surface area (Å²) in [6.07, 6.45) is 4.47. The maximum Gasteiger partial charge on any atom is 0.329 e. The topological polar surface area (TPSA) is 49.3 Å². The molecule has 0 saturated carbocycles. The van der Waals surface area contributed by atoms with Crippen LogP contribution in [0.4, 0.5) is 0 Å². The Morgan fingerprint density at radius 3 is 2.48 bits per heavy atom. The fourth-order valence-corrected chi connectivity index (χ4v) is 3.49. The van der Waals surface area contributed by atoms with E-state index in [0.717, 1.165) is 24.2 Å². The van der Waals surface area contributed by atoms with Crippen LogP contribution >= 0.6 is 11.8 Å². The zero-order valence-corrected chi connectivity index (χ0v) is 13.9. The summed E-state index contributed by atoms with van der Waals surface area (Å²) in [7, 11) is 0. The van der Waals surface area contributed by atoms with Crippen LogP contribution in [0.15, 0.2) is 30.3 Å². The molecular formula is C17H27NO2S. The third kappa shape index (κ3) is 5.36. The van der Waals surface area contributed by atoms with Crippen LogP contribution in [0, 0.1) is 0 Å². The van der Waals surface area contributed by atoms with Crippen molar-refractivity contribution in [3.8, 4) is 0 Å². The van der Waals surface area contributed by atoms with Crippen LogP contribution < -0.4 is 5.32 Å². The van der Waals surface area contributed by atoms with Crippen molar-refractivity contribution in [2.45, 2.75) is 45.1 Å². The Balaban J connectivity index is 2.83. The Kier molecular flexibility index (Phi) is 8.47. The predicted molar refractivity (Wildman–Crippen MR) is 90.9 cm³/mol. The molecule has 0 fully saturated rings. The van der Waals surface area contributed by atoms with Crippen molar-refractivity contribution in [2.24, 2.45) is 0 Å². The van der Waals surface area contributed by atoms with E-state index < -0.39 is 11.5 Å². The number of thioether (sulfide) groups is 1. The SMILES string of the molecule is CCCCCSCC(NCCC)(C(=O)O)c1ccccc1. The smallest absolute Gasteiger partial charge is 0.329 e. The second-order valence-corrected chi connectivity index (χ2v) is 6.37. The first-order valence-corrected chi connectivity index (χ1v) is 8.94. The zero-order chi connectivity index (χ0) is 15.6. The minimum absolute atomic E-state index is 0.566. The van der Waals surface area contributed by atoms with Crippen LogP contribution in [-0.4, -0.2) is 29.1 Å². The fraction of sp³-hybridized carbons (Fsp3) is 0.588. The van der Waals surface area contributed by atoms with Gasteiger partial charge in [-0.3, -0.25) is 5.32 Å². The van der Waals surface area contributed by atoms with Gasteiger partial charge in [0.1, 0.15) is 0 Å². The largest absolute Gasteiger partial charge is 0.480 e. The van der Waals surface area contributed by atoms with Crippen LogP contribution in [-0.2, 0) is 10.3 Å². The standard InChI is InChI=1S/C17H27NO2S/c1-3-5-9-13-21-14-17(16(19)20,18-12-4-2)15-10-7-6-8-11-15/h6-8,10-11,18H,3-5,9,12-14H2,1-2H3,(H,19,20). The molecule has 118 valence electrons. The highest BCUT2D eigenvalue weighted by molar-refractivity contribution is 7.99. The summed E-state index contributed by atoms with van der Waals surface area (Å²) in [6.45, 7) is 4.94. The van der Waals surface area contributed by atoms with Gasteiger partial charge < -0.3 is 5.11 Å². The number of hydrogen-bond acceptors (Lipinski definition) is 3. The van der Waals surface area contributed by atoms with E-state index in [-0.39, 0.29) is 0 Å².